The summed E-state index contributed by atoms with van der Waals surface area (Å²) in [6.07, 6.45) is 1.58. The Hall–Kier alpha value is -4.17. The number of para-hydroxylation sites is 1. The van der Waals surface area contributed by atoms with E-state index < -0.39 is 22.5 Å². The van der Waals surface area contributed by atoms with Crippen molar-refractivity contribution in [3.8, 4) is 5.69 Å². The maximum Gasteiger partial charge on any atom is 0.264 e. The number of sulfonamides is 1. The van der Waals surface area contributed by atoms with Crippen molar-refractivity contribution in [2.45, 2.75) is 32.6 Å². The highest BCUT2D eigenvalue weighted by Crippen LogP contribution is 2.25. The van der Waals surface area contributed by atoms with Gasteiger partial charge in [0, 0.05) is 22.6 Å². The van der Waals surface area contributed by atoms with Gasteiger partial charge < -0.3 is 4.57 Å². The molecule has 1 aromatic heterocycles. The average Bonchev–Trinajstić information content (AvgIpc) is 3.17. The highest BCUT2D eigenvalue weighted by Gasteiger charge is 2.27. The molecule has 0 aliphatic carbocycles. The number of anilines is 1. The topological polar surface area (TPSA) is 83.8 Å². The van der Waals surface area contributed by atoms with E-state index >= 15 is 0 Å². The van der Waals surface area contributed by atoms with Crippen LogP contribution in [0.3, 0.4) is 0 Å². The molecule has 190 valence electrons. The lowest BCUT2D eigenvalue weighted by Crippen LogP contribution is -2.39. The molecule has 4 aromatic rings. The standard InChI is InChI=1S/C29H30N4O3S/c1-21-15-16-27(17-22(21)2)32(37(35,36)28-13-9-6-10-14-28)20-29(34)31-30-19-25-18-23(3)33(24(25)4)26-11-7-5-8-12-26/h5-19H,20H2,1-4H3,(H,31,34)/b30-19-. The molecule has 0 saturated heterocycles. The number of aryl methyl sites for hydroxylation is 3. The first-order chi connectivity index (χ1) is 17.7. The second-order valence-electron chi connectivity index (χ2n) is 8.88. The molecule has 0 unspecified atom stereocenters. The Bertz CT molecular complexity index is 1540. The molecule has 1 heterocycles. The minimum atomic E-state index is -3.98. The second-order valence-corrected chi connectivity index (χ2v) is 10.7. The third-order valence-electron chi connectivity index (χ3n) is 6.27. The molecule has 3 aromatic carbocycles. The lowest BCUT2D eigenvalue weighted by Gasteiger charge is -2.24. The van der Waals surface area contributed by atoms with Gasteiger partial charge >= 0.3 is 0 Å². The quantitative estimate of drug-likeness (QED) is 0.264. The molecule has 0 bridgehead atoms. The van der Waals surface area contributed by atoms with Crippen molar-refractivity contribution in [2.75, 3.05) is 10.8 Å². The van der Waals surface area contributed by atoms with Gasteiger partial charge in [0.1, 0.15) is 6.54 Å². The van der Waals surface area contributed by atoms with Crippen molar-refractivity contribution >= 4 is 27.8 Å². The summed E-state index contributed by atoms with van der Waals surface area (Å²) >= 11 is 0. The Kier molecular flexibility index (Phi) is 7.59. The van der Waals surface area contributed by atoms with Crippen LogP contribution in [0, 0.1) is 27.7 Å². The van der Waals surface area contributed by atoms with Gasteiger partial charge in [-0.3, -0.25) is 9.10 Å². The fourth-order valence-electron chi connectivity index (χ4n) is 4.15. The maximum atomic E-state index is 13.5. The number of rotatable bonds is 8. The molecule has 0 saturated carbocycles. The summed E-state index contributed by atoms with van der Waals surface area (Å²) in [7, 11) is -3.98. The average molecular weight is 515 g/mol. The van der Waals surface area contributed by atoms with E-state index in [1.165, 1.54) is 12.1 Å². The van der Waals surface area contributed by atoms with Gasteiger partial charge in [-0.05, 0) is 81.3 Å². The van der Waals surface area contributed by atoms with Crippen LogP contribution in [0.15, 0.2) is 94.9 Å². The number of nitrogens with one attached hydrogen (secondary N) is 1. The Labute approximate surface area is 218 Å². The Balaban J connectivity index is 1.56. The molecule has 7 nitrogen and oxygen atoms in total. The predicted octanol–water partition coefficient (Wildman–Crippen LogP) is 5.06. The third-order valence-corrected chi connectivity index (χ3v) is 8.06. The Morgan fingerprint density at radius 1 is 0.892 bits per heavy atom. The summed E-state index contributed by atoms with van der Waals surface area (Å²) in [4.78, 5) is 13.0. The van der Waals surface area contributed by atoms with Gasteiger partial charge in [-0.15, -0.1) is 0 Å². The summed E-state index contributed by atoms with van der Waals surface area (Å²) in [5, 5.41) is 4.12. The first kappa shape index (κ1) is 25.9. The van der Waals surface area contributed by atoms with Crippen LogP contribution in [0.25, 0.3) is 5.69 Å². The SMILES string of the molecule is Cc1ccc(N(CC(=O)N/N=C\c2cc(C)n(-c3ccccc3)c2C)S(=O)(=O)c2ccccc2)cc1C. The molecule has 0 atom stereocenters. The van der Waals surface area contributed by atoms with Crippen LogP contribution in [-0.4, -0.2) is 31.7 Å². The summed E-state index contributed by atoms with van der Waals surface area (Å²) < 4.78 is 30.2. The highest BCUT2D eigenvalue weighted by atomic mass is 32.2. The molecule has 0 radical (unpaired) electrons. The molecule has 0 aliphatic rings. The van der Waals surface area contributed by atoms with Crippen LogP contribution < -0.4 is 9.73 Å². The van der Waals surface area contributed by atoms with Gasteiger partial charge in [0.15, 0.2) is 0 Å². The first-order valence-electron chi connectivity index (χ1n) is 11.9. The number of carbonyl (C=O) groups is 1. The molecule has 37 heavy (non-hydrogen) atoms. The Morgan fingerprint density at radius 2 is 1.54 bits per heavy atom. The van der Waals surface area contributed by atoms with Gasteiger partial charge in [0.05, 0.1) is 16.8 Å². The first-order valence-corrected chi connectivity index (χ1v) is 13.3. The highest BCUT2D eigenvalue weighted by molar-refractivity contribution is 7.92. The number of aromatic nitrogens is 1. The predicted molar refractivity (Wildman–Crippen MR) is 148 cm³/mol. The summed E-state index contributed by atoms with van der Waals surface area (Å²) in [5.74, 6) is -0.550. The number of hydrogen-bond donors (Lipinski definition) is 1. The number of amides is 1. The van der Waals surface area contributed by atoms with Gasteiger partial charge in [-0.25, -0.2) is 13.8 Å². The van der Waals surface area contributed by atoms with Crippen LogP contribution in [0.5, 0.6) is 0 Å². The van der Waals surface area contributed by atoms with Crippen LogP contribution >= 0.6 is 0 Å². The monoisotopic (exact) mass is 514 g/mol. The van der Waals surface area contributed by atoms with Crippen LogP contribution in [0.1, 0.15) is 28.1 Å². The van der Waals surface area contributed by atoms with Gasteiger partial charge in [0.25, 0.3) is 15.9 Å². The summed E-state index contributed by atoms with van der Waals surface area (Å²) in [6.45, 7) is 7.43. The van der Waals surface area contributed by atoms with E-state index in [1.807, 2.05) is 70.2 Å². The van der Waals surface area contributed by atoms with Crippen LogP contribution in [-0.2, 0) is 14.8 Å². The van der Waals surface area contributed by atoms with Crippen LogP contribution in [0.2, 0.25) is 0 Å². The minimum absolute atomic E-state index is 0.109. The fraction of sp³-hybridized carbons (Fsp3) is 0.172. The van der Waals surface area contributed by atoms with Crippen molar-refractivity contribution in [2.24, 2.45) is 5.10 Å². The third kappa shape index (κ3) is 5.65. The zero-order valence-corrected chi connectivity index (χ0v) is 22.2. The minimum Gasteiger partial charge on any atom is -0.318 e. The molecule has 1 N–H and O–H groups in total. The number of benzene rings is 3. The zero-order valence-electron chi connectivity index (χ0n) is 21.3. The molecule has 8 heteroatoms. The molecular weight excluding hydrogens is 484 g/mol. The second kappa shape index (κ2) is 10.8. The van der Waals surface area contributed by atoms with Crippen molar-refractivity contribution in [1.29, 1.82) is 0 Å². The number of carbonyl (C=O) groups excluding carboxylic acids is 1. The molecule has 1 amide bonds. The van der Waals surface area contributed by atoms with E-state index in [2.05, 4.69) is 15.1 Å². The lowest BCUT2D eigenvalue weighted by atomic mass is 10.1. The normalized spacial score (nSPS) is 11.6. The van der Waals surface area contributed by atoms with Gasteiger partial charge in [-0.1, -0.05) is 42.5 Å². The van der Waals surface area contributed by atoms with E-state index in [1.54, 1.807) is 36.5 Å². The molecule has 4 rings (SSSR count). The zero-order chi connectivity index (χ0) is 26.6. The van der Waals surface area contributed by atoms with Crippen LogP contribution in [0.4, 0.5) is 5.69 Å². The molecular formula is C29H30N4O3S. The fourth-order valence-corrected chi connectivity index (χ4v) is 5.58. The van der Waals surface area contributed by atoms with E-state index in [4.69, 9.17) is 0 Å². The van der Waals surface area contributed by atoms with E-state index in [-0.39, 0.29) is 4.90 Å². The Morgan fingerprint density at radius 3 is 2.19 bits per heavy atom. The lowest BCUT2D eigenvalue weighted by molar-refractivity contribution is -0.119. The van der Waals surface area contributed by atoms with E-state index in [0.29, 0.717) is 5.69 Å². The van der Waals surface area contributed by atoms with Crippen molar-refractivity contribution in [3.05, 3.63) is 113 Å². The van der Waals surface area contributed by atoms with Gasteiger partial charge in [0.2, 0.25) is 0 Å². The van der Waals surface area contributed by atoms with Crippen molar-refractivity contribution < 1.29 is 13.2 Å². The van der Waals surface area contributed by atoms with Crippen molar-refractivity contribution in [1.82, 2.24) is 9.99 Å². The van der Waals surface area contributed by atoms with E-state index in [0.717, 1.165) is 38.1 Å². The number of hydrogen-bond acceptors (Lipinski definition) is 4. The number of nitrogens with zero attached hydrogens (tertiary/aromatic N) is 3. The van der Waals surface area contributed by atoms with E-state index in [9.17, 15) is 13.2 Å². The van der Waals surface area contributed by atoms with Gasteiger partial charge in [-0.2, -0.15) is 5.10 Å². The largest absolute Gasteiger partial charge is 0.318 e. The van der Waals surface area contributed by atoms with Crippen molar-refractivity contribution in [3.63, 3.8) is 0 Å². The smallest absolute Gasteiger partial charge is 0.264 e. The maximum absolute atomic E-state index is 13.5. The summed E-state index contributed by atoms with van der Waals surface area (Å²) in [6, 6.07) is 25.4. The summed E-state index contributed by atoms with van der Waals surface area (Å²) in [5.41, 5.74) is 8.77. The number of hydrazone groups is 1. The molecule has 0 aliphatic heterocycles. The molecule has 0 fully saturated rings. The molecule has 0 spiro atoms.